The highest BCUT2D eigenvalue weighted by molar-refractivity contribution is 8.01. The third-order valence-electron chi connectivity index (χ3n) is 4.56. The molecule has 6 heteroatoms. The Bertz CT molecular complexity index is 966. The molecule has 0 fully saturated rings. The lowest BCUT2D eigenvalue weighted by molar-refractivity contribution is -0.120. The van der Waals surface area contributed by atoms with Crippen LogP contribution in [0.2, 0.25) is 0 Å². The van der Waals surface area contributed by atoms with Crippen molar-refractivity contribution in [3.63, 3.8) is 0 Å². The molecule has 1 amide bonds. The molecule has 2 aromatic carbocycles. The van der Waals surface area contributed by atoms with E-state index in [0.29, 0.717) is 24.8 Å². The molecule has 0 saturated carbocycles. The Kier molecular flexibility index (Phi) is 6.00. The van der Waals surface area contributed by atoms with Gasteiger partial charge in [-0.2, -0.15) is 0 Å². The largest absolute Gasteiger partial charge is 0.494 e. The molecule has 1 aliphatic rings. The van der Waals surface area contributed by atoms with Crippen molar-refractivity contribution < 1.29 is 14.3 Å². The molecule has 1 unspecified atom stereocenters. The number of carbonyl (C=O) groups is 1. The maximum Gasteiger partial charge on any atom is 0.234 e. The van der Waals surface area contributed by atoms with Crippen LogP contribution in [0.15, 0.2) is 71.8 Å². The summed E-state index contributed by atoms with van der Waals surface area (Å²) in [4.78, 5) is 18.0. The molecule has 148 valence electrons. The van der Waals surface area contributed by atoms with E-state index in [2.05, 4.69) is 22.4 Å². The van der Waals surface area contributed by atoms with Gasteiger partial charge in [0, 0.05) is 23.7 Å². The van der Waals surface area contributed by atoms with Crippen LogP contribution in [-0.2, 0) is 17.8 Å². The number of benzene rings is 2. The van der Waals surface area contributed by atoms with Gasteiger partial charge in [-0.15, -0.1) is 11.8 Å². The number of carbonyl (C=O) groups excluding carboxylic acids is 1. The molecule has 3 aromatic rings. The molecule has 29 heavy (non-hydrogen) atoms. The number of hydrogen-bond acceptors (Lipinski definition) is 5. The lowest BCUT2D eigenvalue weighted by Crippen LogP contribution is -2.32. The van der Waals surface area contributed by atoms with Gasteiger partial charge < -0.3 is 14.8 Å². The fraction of sp³-hybridized carbons (Fsp3) is 0.217. The van der Waals surface area contributed by atoms with Crippen molar-refractivity contribution in [1.29, 1.82) is 0 Å². The van der Waals surface area contributed by atoms with Crippen LogP contribution in [0.4, 0.5) is 0 Å². The van der Waals surface area contributed by atoms with Gasteiger partial charge >= 0.3 is 0 Å². The second kappa shape index (κ2) is 9.01. The predicted octanol–water partition coefficient (Wildman–Crippen LogP) is 4.61. The first-order valence-corrected chi connectivity index (χ1v) is 10.5. The number of pyridine rings is 1. The van der Waals surface area contributed by atoms with E-state index in [0.717, 1.165) is 17.7 Å². The van der Waals surface area contributed by atoms with Crippen LogP contribution in [0.3, 0.4) is 0 Å². The minimum atomic E-state index is -0.0752. The number of ether oxygens (including phenoxy) is 2. The minimum absolute atomic E-state index is 0.0528. The standard InChI is InChI=1S/C23H22N2O3S/c1-2-27-18-7-9-19(10-8-18)28-22-13-16(11-12-24-22)15-25-23(26)21-14-17-5-3-4-6-20(17)29-21/h3-13,21H,2,14-15H2,1H3,(H,25,26). The molecular formula is C23H22N2O3S. The highest BCUT2D eigenvalue weighted by atomic mass is 32.2. The zero-order valence-electron chi connectivity index (χ0n) is 16.1. The number of rotatable bonds is 7. The second-order valence-electron chi connectivity index (χ2n) is 6.64. The summed E-state index contributed by atoms with van der Waals surface area (Å²) in [6.45, 7) is 3.01. The van der Waals surface area contributed by atoms with E-state index >= 15 is 0 Å². The molecule has 0 aliphatic carbocycles. The summed E-state index contributed by atoms with van der Waals surface area (Å²) >= 11 is 1.63. The first-order chi connectivity index (χ1) is 14.2. The van der Waals surface area contributed by atoms with E-state index in [1.807, 2.05) is 55.5 Å². The van der Waals surface area contributed by atoms with Gasteiger partial charge in [0.1, 0.15) is 11.5 Å². The van der Waals surface area contributed by atoms with E-state index in [1.54, 1.807) is 18.0 Å². The van der Waals surface area contributed by atoms with Gasteiger partial charge in [0.2, 0.25) is 11.8 Å². The summed E-state index contributed by atoms with van der Waals surface area (Å²) in [6, 6.07) is 19.3. The van der Waals surface area contributed by atoms with Crippen molar-refractivity contribution in [2.45, 2.75) is 30.0 Å². The Labute approximate surface area is 174 Å². The molecule has 0 saturated heterocycles. The number of aromatic nitrogens is 1. The highest BCUT2D eigenvalue weighted by Crippen LogP contribution is 2.36. The van der Waals surface area contributed by atoms with E-state index in [-0.39, 0.29) is 11.2 Å². The van der Waals surface area contributed by atoms with Crippen molar-refractivity contribution in [2.75, 3.05) is 6.61 Å². The zero-order valence-corrected chi connectivity index (χ0v) is 16.9. The van der Waals surface area contributed by atoms with Crippen LogP contribution in [0, 0.1) is 0 Å². The molecule has 0 spiro atoms. The van der Waals surface area contributed by atoms with Gasteiger partial charge in [-0.25, -0.2) is 4.98 Å². The number of nitrogens with one attached hydrogen (secondary N) is 1. The number of amides is 1. The molecule has 1 aliphatic heterocycles. The van der Waals surface area contributed by atoms with Crippen molar-refractivity contribution in [1.82, 2.24) is 10.3 Å². The van der Waals surface area contributed by atoms with Gasteiger partial charge in [-0.1, -0.05) is 18.2 Å². The second-order valence-corrected chi connectivity index (χ2v) is 7.89. The van der Waals surface area contributed by atoms with Crippen molar-refractivity contribution >= 4 is 17.7 Å². The summed E-state index contributed by atoms with van der Waals surface area (Å²) < 4.78 is 11.3. The van der Waals surface area contributed by atoms with Crippen molar-refractivity contribution in [3.05, 3.63) is 78.0 Å². The molecule has 4 rings (SSSR count). The van der Waals surface area contributed by atoms with Gasteiger partial charge in [0.05, 0.1) is 11.9 Å². The SMILES string of the molecule is CCOc1ccc(Oc2cc(CNC(=O)C3Cc4ccccc4S3)ccn2)cc1. The van der Waals surface area contributed by atoms with Crippen LogP contribution in [0.5, 0.6) is 17.4 Å². The van der Waals surface area contributed by atoms with Gasteiger partial charge in [-0.3, -0.25) is 4.79 Å². The molecule has 0 radical (unpaired) electrons. The lowest BCUT2D eigenvalue weighted by atomic mass is 10.1. The average molecular weight is 407 g/mol. The summed E-state index contributed by atoms with van der Waals surface area (Å²) in [5, 5.41) is 2.95. The number of thioether (sulfide) groups is 1. The fourth-order valence-electron chi connectivity index (χ4n) is 3.14. The van der Waals surface area contributed by atoms with E-state index in [4.69, 9.17) is 9.47 Å². The highest BCUT2D eigenvalue weighted by Gasteiger charge is 2.27. The summed E-state index contributed by atoms with van der Waals surface area (Å²) in [5.41, 5.74) is 2.18. The Morgan fingerprint density at radius 1 is 1.14 bits per heavy atom. The van der Waals surface area contributed by atoms with E-state index in [1.165, 1.54) is 10.5 Å². The third kappa shape index (κ3) is 4.90. The van der Waals surface area contributed by atoms with Crippen LogP contribution in [-0.4, -0.2) is 22.7 Å². The maximum atomic E-state index is 12.6. The van der Waals surface area contributed by atoms with Gasteiger partial charge in [0.15, 0.2) is 0 Å². The normalized spacial score (nSPS) is 14.9. The molecule has 1 N–H and O–H groups in total. The van der Waals surface area contributed by atoms with E-state index in [9.17, 15) is 4.79 Å². The molecule has 1 aromatic heterocycles. The molecule has 5 nitrogen and oxygen atoms in total. The smallest absolute Gasteiger partial charge is 0.234 e. The number of nitrogens with zero attached hydrogens (tertiary/aromatic N) is 1. The zero-order chi connectivity index (χ0) is 20.1. The van der Waals surface area contributed by atoms with Gasteiger partial charge in [-0.05, 0) is 60.9 Å². The molecule has 0 bridgehead atoms. The average Bonchev–Trinajstić information content (AvgIpc) is 3.18. The van der Waals surface area contributed by atoms with Crippen LogP contribution in [0.25, 0.3) is 0 Å². The first kappa shape index (κ1) is 19.3. The maximum absolute atomic E-state index is 12.6. The van der Waals surface area contributed by atoms with Crippen LogP contribution < -0.4 is 14.8 Å². The third-order valence-corrected chi connectivity index (χ3v) is 5.88. The molecular weight excluding hydrogens is 384 g/mol. The van der Waals surface area contributed by atoms with Crippen LogP contribution in [0.1, 0.15) is 18.1 Å². The molecule has 2 heterocycles. The monoisotopic (exact) mass is 406 g/mol. The first-order valence-electron chi connectivity index (χ1n) is 9.59. The minimum Gasteiger partial charge on any atom is -0.494 e. The van der Waals surface area contributed by atoms with Crippen molar-refractivity contribution in [2.24, 2.45) is 0 Å². The summed E-state index contributed by atoms with van der Waals surface area (Å²) in [7, 11) is 0. The Morgan fingerprint density at radius 2 is 1.93 bits per heavy atom. The topological polar surface area (TPSA) is 60.5 Å². The quantitative estimate of drug-likeness (QED) is 0.621. The fourth-order valence-corrected chi connectivity index (χ4v) is 4.36. The van der Waals surface area contributed by atoms with Crippen LogP contribution >= 0.6 is 11.8 Å². The molecule has 1 atom stereocenters. The Balaban J connectivity index is 1.32. The lowest BCUT2D eigenvalue weighted by Gasteiger charge is -2.11. The number of fused-ring (bicyclic) bond motifs is 1. The summed E-state index contributed by atoms with van der Waals surface area (Å²) in [6.07, 6.45) is 2.46. The predicted molar refractivity (Wildman–Crippen MR) is 114 cm³/mol. The van der Waals surface area contributed by atoms with Gasteiger partial charge in [0.25, 0.3) is 0 Å². The summed E-state index contributed by atoms with van der Waals surface area (Å²) in [5.74, 6) is 2.03. The number of hydrogen-bond donors (Lipinski definition) is 1. The Hall–Kier alpha value is -2.99. The van der Waals surface area contributed by atoms with Crippen molar-refractivity contribution in [3.8, 4) is 17.4 Å². The Morgan fingerprint density at radius 3 is 2.72 bits per heavy atom. The van der Waals surface area contributed by atoms with E-state index < -0.39 is 0 Å².